The van der Waals surface area contributed by atoms with Crippen molar-refractivity contribution in [1.82, 2.24) is 4.98 Å². The van der Waals surface area contributed by atoms with Crippen LogP contribution in [0.15, 0.2) is 30.3 Å². The number of H-pyrrole nitrogens is 1. The number of aromatic amines is 1. The zero-order chi connectivity index (χ0) is 18.7. The summed E-state index contributed by atoms with van der Waals surface area (Å²) in [7, 11) is 0. The molecule has 1 aromatic heterocycles. The van der Waals surface area contributed by atoms with Gasteiger partial charge in [0.2, 0.25) is 5.78 Å². The highest BCUT2D eigenvalue weighted by atomic mass is 16.1. The van der Waals surface area contributed by atoms with E-state index in [2.05, 4.69) is 36.3 Å². The fourth-order valence-electron chi connectivity index (χ4n) is 3.54. The molecular weight excluding hydrogens is 312 g/mol. The molecule has 0 aliphatic rings. The second-order valence-corrected chi connectivity index (χ2v) is 7.21. The van der Waals surface area contributed by atoms with Crippen LogP contribution in [0.1, 0.15) is 71.4 Å². The molecule has 0 unspecified atom stereocenters. The van der Waals surface area contributed by atoms with Crippen LogP contribution in [0.3, 0.4) is 0 Å². The fraction of sp³-hybridized carbons (Fsp3) is 0.429. The molecule has 0 aliphatic heterocycles. The van der Waals surface area contributed by atoms with Gasteiger partial charge in [-0.1, -0.05) is 44.2 Å². The Morgan fingerprint density at radius 3 is 2.12 bits per heavy atom. The molecule has 0 saturated carbocycles. The number of nitrogens with one attached hydrogen (secondary N) is 1. The summed E-state index contributed by atoms with van der Waals surface area (Å²) in [4.78, 5) is 27.9. The molecule has 0 fully saturated rings. The molecule has 0 aliphatic carbocycles. The third-order valence-corrected chi connectivity index (χ3v) is 4.85. The molecule has 4 nitrogen and oxygen atoms in total. The van der Waals surface area contributed by atoms with Gasteiger partial charge in [-0.15, -0.1) is 0 Å². The van der Waals surface area contributed by atoms with Gasteiger partial charge in [-0.05, 0) is 33.3 Å². The van der Waals surface area contributed by atoms with Crippen LogP contribution in [0.5, 0.6) is 0 Å². The number of carbonyl (C=O) groups is 2. The molecule has 3 N–H and O–H groups in total. The number of aromatic nitrogens is 1. The Morgan fingerprint density at radius 1 is 1.04 bits per heavy atom. The van der Waals surface area contributed by atoms with Gasteiger partial charge in [0.25, 0.3) is 0 Å². The number of benzene rings is 1. The van der Waals surface area contributed by atoms with Crippen molar-refractivity contribution < 1.29 is 14.9 Å². The van der Waals surface area contributed by atoms with Gasteiger partial charge >= 0.3 is 0 Å². The second-order valence-electron chi connectivity index (χ2n) is 7.21. The summed E-state index contributed by atoms with van der Waals surface area (Å²) in [5.41, 5.74) is 3.95. The Balaban J connectivity index is 2.25. The minimum Gasteiger partial charge on any atom is -0.355 e. The van der Waals surface area contributed by atoms with Crippen LogP contribution < -0.4 is 5.32 Å². The summed E-state index contributed by atoms with van der Waals surface area (Å²) < 4.78 is 0. The third kappa shape index (κ3) is 4.07. The fourth-order valence-corrected chi connectivity index (χ4v) is 3.54. The first kappa shape index (κ1) is 19.1. The van der Waals surface area contributed by atoms with E-state index in [4.69, 9.17) is 0 Å². The van der Waals surface area contributed by atoms with E-state index < -0.39 is 0 Å². The van der Waals surface area contributed by atoms with Crippen LogP contribution in [0, 0.1) is 19.8 Å². The minimum absolute atomic E-state index is 0.00808. The second kappa shape index (κ2) is 7.79. The lowest BCUT2D eigenvalue weighted by atomic mass is 9.94. The van der Waals surface area contributed by atoms with E-state index in [1.54, 1.807) is 0 Å². The molecule has 1 heterocycles. The number of rotatable bonds is 7. The van der Waals surface area contributed by atoms with Crippen molar-refractivity contribution in [2.24, 2.45) is 5.92 Å². The molecule has 134 valence electrons. The number of carbonyl (C=O) groups excluding carboxylic acids is 2. The van der Waals surface area contributed by atoms with Crippen LogP contribution in [-0.4, -0.2) is 22.6 Å². The van der Waals surface area contributed by atoms with Crippen LogP contribution in [0.2, 0.25) is 0 Å². The Morgan fingerprint density at radius 2 is 1.64 bits per heavy atom. The summed E-state index contributed by atoms with van der Waals surface area (Å²) in [5.74, 6) is 0.429. The largest absolute Gasteiger partial charge is 0.355 e. The van der Waals surface area contributed by atoms with Gasteiger partial charge in [0.1, 0.15) is 12.1 Å². The van der Waals surface area contributed by atoms with E-state index in [9.17, 15) is 9.59 Å². The molecule has 1 aromatic carbocycles. The number of nitrogens with two attached hydrogens (primary N) is 1. The Hall–Kier alpha value is -2.20. The topological polar surface area (TPSA) is 66.5 Å². The summed E-state index contributed by atoms with van der Waals surface area (Å²) in [6.07, 6.45) is 0. The minimum atomic E-state index is -0.232. The number of Topliss-reactive ketones (excluding diaryl/α,β-unsaturated/α-hetero) is 2. The Kier molecular flexibility index (Phi) is 5.96. The highest BCUT2D eigenvalue weighted by molar-refractivity contribution is 6.04. The van der Waals surface area contributed by atoms with Crippen LogP contribution in [-0.2, 0) is 0 Å². The van der Waals surface area contributed by atoms with Gasteiger partial charge in [0.15, 0.2) is 5.78 Å². The molecule has 2 aromatic rings. The van der Waals surface area contributed by atoms with Gasteiger partial charge in [0, 0.05) is 22.7 Å². The first-order valence-corrected chi connectivity index (χ1v) is 8.88. The Bertz CT molecular complexity index is 760. The highest BCUT2D eigenvalue weighted by Crippen LogP contribution is 2.21. The zero-order valence-corrected chi connectivity index (χ0v) is 16.0. The van der Waals surface area contributed by atoms with E-state index in [1.165, 1.54) is 12.5 Å². The number of hydrogen-bond acceptors (Lipinski definition) is 2. The van der Waals surface area contributed by atoms with Gasteiger partial charge in [-0.2, -0.15) is 0 Å². The predicted octanol–water partition coefficient (Wildman–Crippen LogP) is 3.37. The maximum absolute atomic E-state index is 13.0. The third-order valence-electron chi connectivity index (χ3n) is 4.85. The molecule has 0 amide bonds. The van der Waals surface area contributed by atoms with Crippen LogP contribution >= 0.6 is 0 Å². The average molecular weight is 341 g/mol. The quantitative estimate of drug-likeness (QED) is 0.758. The standard InChI is InChI=1S/C21H28N2O2/c1-12(2)19(17-10-8-7-9-11-17)23-15(5)21(25)20-13(3)18(16(6)24)14(4)22-20/h7-12,15,19,22-23H,1-6H3/p+1/t15-,19+/m0/s1. The highest BCUT2D eigenvalue weighted by Gasteiger charge is 2.29. The number of ketones is 2. The van der Waals surface area contributed by atoms with E-state index in [0.29, 0.717) is 17.2 Å². The van der Waals surface area contributed by atoms with Gasteiger partial charge in [-0.25, -0.2) is 0 Å². The first-order valence-electron chi connectivity index (χ1n) is 8.88. The normalized spacial score (nSPS) is 13.7. The molecule has 2 rings (SSSR count). The van der Waals surface area contributed by atoms with Gasteiger partial charge < -0.3 is 10.3 Å². The van der Waals surface area contributed by atoms with E-state index in [1.807, 2.05) is 39.0 Å². The lowest BCUT2D eigenvalue weighted by molar-refractivity contribution is -0.718. The van der Waals surface area contributed by atoms with Crippen molar-refractivity contribution in [2.45, 2.75) is 53.6 Å². The lowest BCUT2D eigenvalue weighted by Crippen LogP contribution is -2.92. The van der Waals surface area contributed by atoms with Crippen molar-refractivity contribution in [3.05, 3.63) is 58.4 Å². The number of aryl methyl sites for hydroxylation is 1. The molecule has 4 heteroatoms. The van der Waals surface area contributed by atoms with Crippen molar-refractivity contribution in [2.75, 3.05) is 0 Å². The van der Waals surface area contributed by atoms with Crippen molar-refractivity contribution in [3.63, 3.8) is 0 Å². The first-order chi connectivity index (χ1) is 11.7. The maximum atomic E-state index is 13.0. The van der Waals surface area contributed by atoms with Crippen LogP contribution in [0.25, 0.3) is 0 Å². The maximum Gasteiger partial charge on any atom is 0.235 e. The average Bonchev–Trinajstić information content (AvgIpc) is 2.86. The monoisotopic (exact) mass is 341 g/mol. The van der Waals surface area contributed by atoms with E-state index in [0.717, 1.165) is 11.3 Å². The van der Waals surface area contributed by atoms with Crippen LogP contribution in [0.4, 0.5) is 0 Å². The van der Waals surface area contributed by atoms with E-state index >= 15 is 0 Å². The zero-order valence-electron chi connectivity index (χ0n) is 16.0. The van der Waals surface area contributed by atoms with Crippen molar-refractivity contribution in [1.29, 1.82) is 0 Å². The summed E-state index contributed by atoms with van der Waals surface area (Å²) in [6, 6.07) is 10.3. The molecule has 0 radical (unpaired) electrons. The van der Waals surface area contributed by atoms with Crippen molar-refractivity contribution >= 4 is 11.6 Å². The Labute approximate surface area is 150 Å². The number of hydrogen-bond donors (Lipinski definition) is 2. The lowest BCUT2D eigenvalue weighted by Gasteiger charge is -2.23. The smallest absolute Gasteiger partial charge is 0.235 e. The molecule has 0 bridgehead atoms. The van der Waals surface area contributed by atoms with Crippen molar-refractivity contribution in [3.8, 4) is 0 Å². The summed E-state index contributed by atoms with van der Waals surface area (Å²) in [6.45, 7) is 11.5. The summed E-state index contributed by atoms with van der Waals surface area (Å²) in [5, 5.41) is 2.13. The number of quaternary nitrogens is 1. The van der Waals surface area contributed by atoms with Gasteiger partial charge in [-0.3, -0.25) is 9.59 Å². The summed E-state index contributed by atoms with van der Waals surface area (Å²) >= 11 is 0. The predicted molar refractivity (Wildman–Crippen MR) is 100 cm³/mol. The molecule has 25 heavy (non-hydrogen) atoms. The molecule has 0 saturated heterocycles. The van der Waals surface area contributed by atoms with Gasteiger partial charge in [0.05, 0.1) is 5.69 Å². The van der Waals surface area contributed by atoms with E-state index in [-0.39, 0.29) is 23.7 Å². The SMILES string of the molecule is CC(=O)c1c(C)[nH]c(C(=O)[C@H](C)[NH2+][C@@H](c2ccccc2)C(C)C)c1C. The molecule has 2 atom stereocenters. The molecule has 0 spiro atoms. The molecular formula is C21H29N2O2+.